The predicted octanol–water partition coefficient (Wildman–Crippen LogP) is 3.22. The van der Waals surface area contributed by atoms with E-state index in [9.17, 15) is 27.6 Å². The third-order valence-electron chi connectivity index (χ3n) is 9.12. The fraction of sp³-hybridized carbons (Fsp3) is 0.571. The average Bonchev–Trinajstić information content (AvgIpc) is 3.91. The number of hydrogen-bond donors (Lipinski definition) is 3. The number of sulfonamides is 1. The van der Waals surface area contributed by atoms with Gasteiger partial charge in [-0.15, -0.1) is 6.58 Å². The van der Waals surface area contributed by atoms with Crippen molar-refractivity contribution in [2.75, 3.05) is 6.54 Å². The molecule has 1 aromatic carbocycles. The third-order valence-corrected chi connectivity index (χ3v) is 10.9. The first-order valence-electron chi connectivity index (χ1n) is 16.5. The van der Waals surface area contributed by atoms with Gasteiger partial charge in [0, 0.05) is 30.3 Å². The van der Waals surface area contributed by atoms with Crippen LogP contribution in [0, 0.1) is 16.7 Å². The zero-order valence-electron chi connectivity index (χ0n) is 28.5. The van der Waals surface area contributed by atoms with Crippen molar-refractivity contribution in [3.63, 3.8) is 0 Å². The molecule has 2 heterocycles. The number of aromatic nitrogens is 1. The molecule has 0 radical (unpaired) electrons. The van der Waals surface area contributed by atoms with Gasteiger partial charge in [-0.05, 0) is 47.6 Å². The van der Waals surface area contributed by atoms with Crippen LogP contribution in [0.5, 0.6) is 5.88 Å². The lowest BCUT2D eigenvalue weighted by molar-refractivity contribution is -0.144. The highest BCUT2D eigenvalue weighted by Gasteiger charge is 2.62. The summed E-state index contributed by atoms with van der Waals surface area (Å²) in [5.74, 6) is -2.34. The zero-order chi connectivity index (χ0) is 35.2. The Kier molecular flexibility index (Phi) is 9.41. The molecule has 1 aliphatic heterocycles. The number of carbonyl (C=O) groups is 4. The molecule has 5 atom stereocenters. The molecule has 1 saturated heterocycles. The van der Waals surface area contributed by atoms with E-state index in [0.29, 0.717) is 18.7 Å². The van der Waals surface area contributed by atoms with Gasteiger partial charge in [0.15, 0.2) is 0 Å². The van der Waals surface area contributed by atoms with E-state index in [1.807, 2.05) is 71.9 Å². The summed E-state index contributed by atoms with van der Waals surface area (Å²) in [6.07, 6.45) is 3.87. The SMILES string of the molecule is C=C[C@@H]1C[C@]1(NC(=O)[C@@H]1C[C@@H](Oc2nccc3ccccc23)CN1C(=O)[C@@H](NC(=O)CC(C)(C)C)C(C)(C)C)C(=O)NS(=O)(=O)C1CC1. The molecular weight excluding hydrogens is 634 g/mol. The molecule has 5 rings (SSSR count). The molecule has 13 heteroatoms. The number of fused-ring (bicyclic) bond motifs is 1. The van der Waals surface area contributed by atoms with Gasteiger partial charge >= 0.3 is 0 Å². The van der Waals surface area contributed by atoms with Crippen molar-refractivity contribution in [3.8, 4) is 5.88 Å². The van der Waals surface area contributed by atoms with Crippen LogP contribution in [0.25, 0.3) is 10.8 Å². The van der Waals surface area contributed by atoms with Crippen LogP contribution in [-0.2, 0) is 29.2 Å². The van der Waals surface area contributed by atoms with Crippen LogP contribution in [-0.4, -0.2) is 77.5 Å². The number of amides is 4. The van der Waals surface area contributed by atoms with Gasteiger partial charge in [-0.1, -0.05) is 65.8 Å². The van der Waals surface area contributed by atoms with Crippen molar-refractivity contribution < 1.29 is 32.3 Å². The highest BCUT2D eigenvalue weighted by molar-refractivity contribution is 7.91. The summed E-state index contributed by atoms with van der Waals surface area (Å²) in [4.78, 5) is 60.9. The summed E-state index contributed by atoms with van der Waals surface area (Å²) in [6.45, 7) is 15.1. The Morgan fingerprint density at radius 1 is 1.10 bits per heavy atom. The number of ether oxygens (including phenoxy) is 1. The van der Waals surface area contributed by atoms with E-state index in [0.717, 1.165) is 10.8 Å². The zero-order valence-corrected chi connectivity index (χ0v) is 29.4. The Morgan fingerprint density at radius 3 is 2.40 bits per heavy atom. The maximum atomic E-state index is 14.4. The van der Waals surface area contributed by atoms with Crippen LogP contribution in [0.15, 0.2) is 49.2 Å². The first-order valence-corrected chi connectivity index (χ1v) is 18.0. The van der Waals surface area contributed by atoms with Gasteiger partial charge < -0.3 is 20.3 Å². The second kappa shape index (κ2) is 12.8. The van der Waals surface area contributed by atoms with Gasteiger partial charge in [-0.2, -0.15) is 0 Å². The van der Waals surface area contributed by atoms with Crippen molar-refractivity contribution in [2.45, 2.75) is 103 Å². The average molecular weight is 682 g/mol. The maximum Gasteiger partial charge on any atom is 0.259 e. The van der Waals surface area contributed by atoms with Crippen molar-refractivity contribution in [1.82, 2.24) is 25.2 Å². The van der Waals surface area contributed by atoms with Crippen LogP contribution < -0.4 is 20.1 Å². The molecule has 2 saturated carbocycles. The molecule has 0 spiro atoms. The Balaban J connectivity index is 1.43. The number of nitrogens with zero attached hydrogens (tertiary/aromatic N) is 2. The molecule has 0 bridgehead atoms. The smallest absolute Gasteiger partial charge is 0.259 e. The number of nitrogens with one attached hydrogen (secondary N) is 3. The molecule has 2 aromatic rings. The normalized spacial score (nSPS) is 24.8. The molecule has 4 amide bonds. The van der Waals surface area contributed by atoms with E-state index in [2.05, 4.69) is 26.9 Å². The Morgan fingerprint density at radius 2 is 1.79 bits per heavy atom. The molecule has 3 aliphatic rings. The number of benzene rings is 1. The highest BCUT2D eigenvalue weighted by atomic mass is 32.2. The molecule has 2 aliphatic carbocycles. The highest BCUT2D eigenvalue weighted by Crippen LogP contribution is 2.45. The number of rotatable bonds is 11. The molecule has 3 N–H and O–H groups in total. The van der Waals surface area contributed by atoms with E-state index in [-0.39, 0.29) is 37.1 Å². The van der Waals surface area contributed by atoms with E-state index in [1.54, 1.807) is 6.20 Å². The monoisotopic (exact) mass is 681 g/mol. The fourth-order valence-electron chi connectivity index (χ4n) is 6.25. The standard InChI is InChI=1S/C35H47N5O7S/c1-8-22-18-35(22,32(44)39-48(45,46)24-13-14-24)38-29(42)26-17-23(47-30-25-12-10-9-11-21(25)15-16-36-30)20-40(26)31(43)28(34(5,6)7)37-27(41)19-33(2,3)4/h8-12,15-16,22-24,26,28H,1,13-14,17-20H2,2-7H3,(H,37,41)(H,38,42)(H,39,44)/t22-,23-,26+,28-,35-/m1/s1. The second-order valence-electron chi connectivity index (χ2n) is 15.6. The lowest BCUT2D eigenvalue weighted by Crippen LogP contribution is -2.60. The largest absolute Gasteiger partial charge is 0.472 e. The Bertz CT molecular complexity index is 1720. The van der Waals surface area contributed by atoms with E-state index in [1.165, 1.54) is 11.0 Å². The van der Waals surface area contributed by atoms with E-state index in [4.69, 9.17) is 4.74 Å². The van der Waals surface area contributed by atoms with Crippen molar-refractivity contribution in [3.05, 3.63) is 49.2 Å². The molecule has 48 heavy (non-hydrogen) atoms. The Hall–Kier alpha value is -4.00. The summed E-state index contributed by atoms with van der Waals surface area (Å²) in [5.41, 5.74) is -2.55. The van der Waals surface area contributed by atoms with Crippen LogP contribution in [0.2, 0.25) is 0 Å². The third kappa shape index (κ3) is 7.66. The van der Waals surface area contributed by atoms with Crippen LogP contribution in [0.4, 0.5) is 0 Å². The fourth-order valence-corrected chi connectivity index (χ4v) is 7.61. The molecule has 260 valence electrons. The van der Waals surface area contributed by atoms with Crippen molar-refractivity contribution >= 4 is 44.4 Å². The molecule has 12 nitrogen and oxygen atoms in total. The minimum atomic E-state index is -3.87. The first kappa shape index (κ1) is 35.3. The van der Waals surface area contributed by atoms with Gasteiger partial charge in [-0.25, -0.2) is 13.4 Å². The summed E-state index contributed by atoms with van der Waals surface area (Å²) < 4.78 is 33.8. The van der Waals surface area contributed by atoms with Crippen molar-refractivity contribution in [2.24, 2.45) is 16.7 Å². The van der Waals surface area contributed by atoms with Gasteiger partial charge in [0.1, 0.15) is 23.7 Å². The van der Waals surface area contributed by atoms with Gasteiger partial charge in [0.25, 0.3) is 5.91 Å². The van der Waals surface area contributed by atoms with E-state index < -0.39 is 68.1 Å². The number of pyridine rings is 1. The number of hydrogen-bond acceptors (Lipinski definition) is 8. The summed E-state index contributed by atoms with van der Waals surface area (Å²) >= 11 is 0. The molecular formula is C35H47N5O7S. The number of likely N-dealkylation sites (tertiary alicyclic amines) is 1. The van der Waals surface area contributed by atoms with Crippen LogP contribution in [0.1, 0.15) is 73.6 Å². The first-order chi connectivity index (χ1) is 22.3. The minimum Gasteiger partial charge on any atom is -0.472 e. The minimum absolute atomic E-state index is 0.0175. The van der Waals surface area contributed by atoms with Gasteiger partial charge in [0.2, 0.25) is 33.6 Å². The quantitative estimate of drug-likeness (QED) is 0.305. The van der Waals surface area contributed by atoms with E-state index >= 15 is 0 Å². The predicted molar refractivity (Wildman–Crippen MR) is 181 cm³/mol. The maximum absolute atomic E-state index is 14.4. The number of carbonyl (C=O) groups excluding carboxylic acids is 4. The lowest BCUT2D eigenvalue weighted by Gasteiger charge is -2.36. The summed E-state index contributed by atoms with van der Waals surface area (Å²) in [5, 5.41) is 6.78. The van der Waals surface area contributed by atoms with Gasteiger partial charge in [0.05, 0.1) is 11.8 Å². The molecule has 0 unspecified atom stereocenters. The lowest BCUT2D eigenvalue weighted by atomic mass is 9.84. The summed E-state index contributed by atoms with van der Waals surface area (Å²) in [6, 6.07) is 7.37. The molecule has 3 fully saturated rings. The van der Waals surface area contributed by atoms with Crippen molar-refractivity contribution in [1.29, 1.82) is 0 Å². The summed E-state index contributed by atoms with van der Waals surface area (Å²) in [7, 11) is -3.87. The van der Waals surface area contributed by atoms with Crippen LogP contribution >= 0.6 is 0 Å². The van der Waals surface area contributed by atoms with Crippen LogP contribution in [0.3, 0.4) is 0 Å². The second-order valence-corrected chi connectivity index (χ2v) is 17.6. The molecule has 1 aromatic heterocycles. The Labute approximate surface area is 282 Å². The van der Waals surface area contributed by atoms with Gasteiger partial charge in [-0.3, -0.25) is 23.9 Å². The topological polar surface area (TPSA) is 164 Å².